The second-order valence-electron chi connectivity index (χ2n) is 7.57. The second-order valence-corrected chi connectivity index (χ2v) is 7.57. The minimum atomic E-state index is 0.432. The van der Waals surface area contributed by atoms with Gasteiger partial charge in [0.05, 0.1) is 17.9 Å². The van der Waals surface area contributed by atoms with Gasteiger partial charge in [-0.25, -0.2) is 0 Å². The average molecular weight is 343 g/mol. The van der Waals surface area contributed by atoms with E-state index in [-0.39, 0.29) is 0 Å². The van der Waals surface area contributed by atoms with E-state index in [9.17, 15) is 0 Å². The Labute approximate surface area is 155 Å². The molecule has 26 heavy (non-hydrogen) atoms. The number of aryl methyl sites for hydroxylation is 1. The third kappa shape index (κ3) is 2.54. The molecular formula is C23H25N3. The van der Waals surface area contributed by atoms with Gasteiger partial charge in [0, 0.05) is 31.7 Å². The molecule has 5 rings (SSSR count). The van der Waals surface area contributed by atoms with Gasteiger partial charge in [0.2, 0.25) is 0 Å². The molecule has 2 aromatic carbocycles. The van der Waals surface area contributed by atoms with E-state index in [1.54, 1.807) is 0 Å². The fraction of sp³-hybridized carbons (Fsp3) is 0.348. The first kappa shape index (κ1) is 15.7. The van der Waals surface area contributed by atoms with Gasteiger partial charge in [-0.15, -0.1) is 0 Å². The second kappa shape index (κ2) is 6.31. The van der Waals surface area contributed by atoms with Crippen LogP contribution >= 0.6 is 0 Å². The van der Waals surface area contributed by atoms with E-state index >= 15 is 0 Å². The average Bonchev–Trinajstić information content (AvgIpc) is 3.41. The van der Waals surface area contributed by atoms with Gasteiger partial charge in [-0.3, -0.25) is 4.99 Å². The van der Waals surface area contributed by atoms with Crippen molar-refractivity contribution < 1.29 is 0 Å². The highest BCUT2D eigenvalue weighted by Crippen LogP contribution is 2.45. The number of aliphatic imine (C=N–C) groups is 1. The number of nitrogens with zero attached hydrogens (tertiary/aromatic N) is 3. The Morgan fingerprint density at radius 3 is 2.50 bits per heavy atom. The molecule has 3 heteroatoms. The lowest BCUT2D eigenvalue weighted by Crippen LogP contribution is -2.31. The number of fused-ring (bicyclic) bond motifs is 1. The molecule has 0 bridgehead atoms. The molecule has 0 saturated carbocycles. The normalized spacial score (nSPS) is 23.0. The lowest BCUT2D eigenvalue weighted by Gasteiger charge is -2.33. The maximum absolute atomic E-state index is 4.87. The van der Waals surface area contributed by atoms with Crippen LogP contribution < -0.4 is 0 Å². The fourth-order valence-electron chi connectivity index (χ4n) is 4.74. The monoisotopic (exact) mass is 343 g/mol. The van der Waals surface area contributed by atoms with Gasteiger partial charge >= 0.3 is 0 Å². The lowest BCUT2D eigenvalue weighted by molar-refractivity contribution is 0.318. The Balaban J connectivity index is 1.56. The van der Waals surface area contributed by atoms with Gasteiger partial charge in [0.25, 0.3) is 0 Å². The van der Waals surface area contributed by atoms with E-state index in [1.165, 1.54) is 47.1 Å². The molecule has 2 atom stereocenters. The zero-order chi connectivity index (χ0) is 17.5. The van der Waals surface area contributed by atoms with E-state index in [0.29, 0.717) is 12.1 Å². The highest BCUT2D eigenvalue weighted by Gasteiger charge is 2.37. The molecule has 0 amide bonds. The van der Waals surface area contributed by atoms with Crippen molar-refractivity contribution in [3.05, 3.63) is 71.9 Å². The molecule has 2 aliphatic heterocycles. The van der Waals surface area contributed by atoms with Crippen molar-refractivity contribution in [1.82, 2.24) is 9.47 Å². The summed E-state index contributed by atoms with van der Waals surface area (Å²) in [6.07, 6.45) is 6.84. The molecule has 2 aliphatic rings. The number of hydrogen-bond donors (Lipinski definition) is 0. The van der Waals surface area contributed by atoms with Gasteiger partial charge in [0.15, 0.2) is 0 Å². The smallest absolute Gasteiger partial charge is 0.0999 e. The number of amidine groups is 1. The summed E-state index contributed by atoms with van der Waals surface area (Å²) < 4.78 is 2.19. The molecule has 0 radical (unpaired) electrons. The standard InChI is InChI=1S/C23H25N3/c1-25-15-13-19-16-18(9-10-20(19)25)22-12-11-21(17-6-3-2-4-7-17)26(22)23-8-5-14-24-23/h2-4,6-7,9-10,13,15-16,21-22H,5,8,11-12,14H2,1H3/t21-,22-/m0/s1. The van der Waals surface area contributed by atoms with Crippen molar-refractivity contribution >= 4 is 16.7 Å². The van der Waals surface area contributed by atoms with Crippen molar-refractivity contribution in [2.45, 2.75) is 37.8 Å². The molecule has 3 nitrogen and oxygen atoms in total. The summed E-state index contributed by atoms with van der Waals surface area (Å²) in [6, 6.07) is 21.1. The number of hydrogen-bond acceptors (Lipinski definition) is 2. The van der Waals surface area contributed by atoms with E-state index in [4.69, 9.17) is 4.99 Å². The van der Waals surface area contributed by atoms with Crippen molar-refractivity contribution in [3.63, 3.8) is 0 Å². The third-order valence-electron chi connectivity index (χ3n) is 6.01. The summed E-state index contributed by atoms with van der Waals surface area (Å²) >= 11 is 0. The lowest BCUT2D eigenvalue weighted by atomic mass is 10.0. The molecule has 0 unspecified atom stereocenters. The maximum Gasteiger partial charge on any atom is 0.0999 e. The summed E-state index contributed by atoms with van der Waals surface area (Å²) in [5, 5.41) is 1.33. The van der Waals surface area contributed by atoms with E-state index in [2.05, 4.69) is 77.3 Å². The van der Waals surface area contributed by atoms with Crippen LogP contribution in [0.2, 0.25) is 0 Å². The number of aromatic nitrogens is 1. The molecule has 1 saturated heterocycles. The Bertz CT molecular complexity index is 954. The van der Waals surface area contributed by atoms with Crippen molar-refractivity contribution in [1.29, 1.82) is 0 Å². The van der Waals surface area contributed by atoms with E-state index in [1.807, 2.05) is 0 Å². The largest absolute Gasteiger partial charge is 0.351 e. The first-order valence-electron chi connectivity index (χ1n) is 9.73. The van der Waals surface area contributed by atoms with Crippen LogP contribution in [-0.2, 0) is 7.05 Å². The quantitative estimate of drug-likeness (QED) is 0.622. The van der Waals surface area contributed by atoms with Gasteiger partial charge in [0.1, 0.15) is 0 Å². The highest BCUT2D eigenvalue weighted by molar-refractivity contribution is 5.85. The van der Waals surface area contributed by atoms with Crippen molar-refractivity contribution in [3.8, 4) is 0 Å². The SMILES string of the molecule is Cn1ccc2cc([C@@H]3CC[C@@H](c4ccccc4)N3C3=NCCC3)ccc21. The van der Waals surface area contributed by atoms with E-state index < -0.39 is 0 Å². The van der Waals surface area contributed by atoms with Crippen LogP contribution in [0, 0.1) is 0 Å². The number of rotatable bonds is 2. The Morgan fingerprint density at radius 1 is 0.923 bits per heavy atom. The van der Waals surface area contributed by atoms with E-state index in [0.717, 1.165) is 13.0 Å². The summed E-state index contributed by atoms with van der Waals surface area (Å²) in [5.41, 5.74) is 4.15. The molecule has 3 aromatic rings. The summed E-state index contributed by atoms with van der Waals surface area (Å²) in [5.74, 6) is 1.31. The summed E-state index contributed by atoms with van der Waals surface area (Å²) in [7, 11) is 2.11. The molecule has 1 fully saturated rings. The Morgan fingerprint density at radius 2 is 1.73 bits per heavy atom. The van der Waals surface area contributed by atoms with Crippen LogP contribution in [0.3, 0.4) is 0 Å². The minimum Gasteiger partial charge on any atom is -0.351 e. The highest BCUT2D eigenvalue weighted by atomic mass is 15.3. The van der Waals surface area contributed by atoms with Gasteiger partial charge in [-0.2, -0.15) is 0 Å². The molecule has 0 N–H and O–H groups in total. The molecule has 0 spiro atoms. The van der Waals surface area contributed by atoms with Crippen molar-refractivity contribution in [2.24, 2.45) is 12.0 Å². The fourth-order valence-corrected chi connectivity index (χ4v) is 4.74. The predicted molar refractivity (Wildman–Crippen MR) is 107 cm³/mol. The number of likely N-dealkylation sites (tertiary alicyclic amines) is 1. The van der Waals surface area contributed by atoms with Crippen LogP contribution in [-0.4, -0.2) is 21.8 Å². The zero-order valence-corrected chi connectivity index (χ0v) is 15.3. The number of benzene rings is 2. The first-order chi connectivity index (χ1) is 12.8. The Hall–Kier alpha value is -2.55. The zero-order valence-electron chi connectivity index (χ0n) is 15.3. The van der Waals surface area contributed by atoms with Gasteiger partial charge in [-0.05, 0) is 54.0 Å². The predicted octanol–water partition coefficient (Wildman–Crippen LogP) is 5.25. The topological polar surface area (TPSA) is 20.5 Å². The Kier molecular flexibility index (Phi) is 3.81. The van der Waals surface area contributed by atoms with Crippen molar-refractivity contribution in [2.75, 3.05) is 6.54 Å². The molecular weight excluding hydrogens is 318 g/mol. The van der Waals surface area contributed by atoms with Gasteiger partial charge < -0.3 is 9.47 Å². The van der Waals surface area contributed by atoms with Crippen LogP contribution in [0.1, 0.15) is 48.9 Å². The molecule has 132 valence electrons. The third-order valence-corrected chi connectivity index (χ3v) is 6.01. The van der Waals surface area contributed by atoms with Gasteiger partial charge in [-0.1, -0.05) is 36.4 Å². The van der Waals surface area contributed by atoms with Crippen LogP contribution in [0.25, 0.3) is 10.9 Å². The summed E-state index contributed by atoms with van der Waals surface area (Å²) in [4.78, 5) is 7.51. The first-order valence-corrected chi connectivity index (χ1v) is 9.73. The summed E-state index contributed by atoms with van der Waals surface area (Å²) in [6.45, 7) is 0.984. The molecule has 3 heterocycles. The van der Waals surface area contributed by atoms with Crippen LogP contribution in [0.4, 0.5) is 0 Å². The van der Waals surface area contributed by atoms with Crippen LogP contribution in [0.15, 0.2) is 65.8 Å². The van der Waals surface area contributed by atoms with Crippen LogP contribution in [0.5, 0.6) is 0 Å². The molecule has 1 aromatic heterocycles. The minimum absolute atomic E-state index is 0.432. The maximum atomic E-state index is 4.87. The molecule has 0 aliphatic carbocycles.